The van der Waals surface area contributed by atoms with Crippen LogP contribution >= 0.6 is 11.3 Å². The molecule has 3 aromatic rings. The van der Waals surface area contributed by atoms with Crippen molar-refractivity contribution < 1.29 is 4.79 Å². The van der Waals surface area contributed by atoms with Crippen LogP contribution in [0.2, 0.25) is 0 Å². The van der Waals surface area contributed by atoms with Gasteiger partial charge in [0.05, 0.1) is 5.39 Å². The zero-order valence-corrected chi connectivity index (χ0v) is 13.2. The van der Waals surface area contributed by atoms with Gasteiger partial charge < -0.3 is 9.88 Å². The average molecular weight is 316 g/mol. The number of carbonyl (C=O) groups is 1. The van der Waals surface area contributed by atoms with Gasteiger partial charge in [0.25, 0.3) is 11.5 Å². The van der Waals surface area contributed by atoms with Gasteiger partial charge in [-0.05, 0) is 30.5 Å². The SMILES string of the molecule is Cc1nc2sccc2c(=O)n1CCNC(=O)c1cccn1C. The van der Waals surface area contributed by atoms with Crippen LogP contribution in [-0.2, 0) is 13.6 Å². The molecule has 0 unspecified atom stereocenters. The average Bonchev–Trinajstić information content (AvgIpc) is 3.10. The van der Waals surface area contributed by atoms with Gasteiger partial charge in [-0.15, -0.1) is 11.3 Å². The minimum Gasteiger partial charge on any atom is -0.349 e. The molecule has 1 amide bonds. The smallest absolute Gasteiger partial charge is 0.267 e. The normalized spacial score (nSPS) is 11.0. The van der Waals surface area contributed by atoms with Crippen LogP contribution in [0.1, 0.15) is 16.3 Å². The second-order valence-corrected chi connectivity index (χ2v) is 5.91. The molecule has 3 heterocycles. The lowest BCUT2D eigenvalue weighted by Gasteiger charge is -2.10. The molecule has 3 aromatic heterocycles. The second-order valence-electron chi connectivity index (χ2n) is 5.02. The molecule has 114 valence electrons. The van der Waals surface area contributed by atoms with Crippen molar-refractivity contribution in [3.05, 3.63) is 51.6 Å². The summed E-state index contributed by atoms with van der Waals surface area (Å²) in [5, 5.41) is 5.32. The number of nitrogens with one attached hydrogen (secondary N) is 1. The Morgan fingerprint density at radius 3 is 2.95 bits per heavy atom. The largest absolute Gasteiger partial charge is 0.349 e. The number of aromatic nitrogens is 3. The Balaban J connectivity index is 1.73. The van der Waals surface area contributed by atoms with E-state index in [-0.39, 0.29) is 11.5 Å². The topological polar surface area (TPSA) is 68.9 Å². The van der Waals surface area contributed by atoms with Crippen molar-refractivity contribution in [3.63, 3.8) is 0 Å². The van der Waals surface area contributed by atoms with Crippen molar-refractivity contribution in [2.45, 2.75) is 13.5 Å². The van der Waals surface area contributed by atoms with Crippen molar-refractivity contribution in [2.24, 2.45) is 7.05 Å². The second kappa shape index (κ2) is 5.76. The Kier molecular flexibility index (Phi) is 3.81. The number of aryl methyl sites for hydroxylation is 2. The van der Waals surface area contributed by atoms with E-state index in [9.17, 15) is 9.59 Å². The lowest BCUT2D eigenvalue weighted by atomic mass is 10.3. The highest BCUT2D eigenvalue weighted by atomic mass is 32.1. The van der Waals surface area contributed by atoms with E-state index < -0.39 is 0 Å². The molecule has 1 N–H and O–H groups in total. The van der Waals surface area contributed by atoms with E-state index in [4.69, 9.17) is 0 Å². The summed E-state index contributed by atoms with van der Waals surface area (Å²) < 4.78 is 3.35. The third-order valence-electron chi connectivity index (χ3n) is 3.57. The Bertz CT molecular complexity index is 890. The molecule has 0 aliphatic rings. The van der Waals surface area contributed by atoms with Gasteiger partial charge in [-0.3, -0.25) is 14.2 Å². The Morgan fingerprint density at radius 1 is 1.41 bits per heavy atom. The van der Waals surface area contributed by atoms with Gasteiger partial charge in [0.15, 0.2) is 0 Å². The van der Waals surface area contributed by atoms with E-state index in [0.717, 1.165) is 4.83 Å². The van der Waals surface area contributed by atoms with E-state index in [1.807, 2.05) is 24.7 Å². The molecule has 0 saturated carbocycles. The summed E-state index contributed by atoms with van der Waals surface area (Å²) in [5.74, 6) is 0.510. The maximum absolute atomic E-state index is 12.4. The Hall–Kier alpha value is -2.41. The molecule has 0 radical (unpaired) electrons. The first-order chi connectivity index (χ1) is 10.6. The number of nitrogens with zero attached hydrogens (tertiary/aromatic N) is 3. The van der Waals surface area contributed by atoms with E-state index in [2.05, 4.69) is 10.3 Å². The number of amides is 1. The van der Waals surface area contributed by atoms with Gasteiger partial charge in [-0.2, -0.15) is 0 Å². The predicted octanol–water partition coefficient (Wildman–Crippen LogP) is 1.53. The van der Waals surface area contributed by atoms with Crippen LogP contribution in [0.3, 0.4) is 0 Å². The van der Waals surface area contributed by atoms with Crippen LogP contribution < -0.4 is 10.9 Å². The van der Waals surface area contributed by atoms with E-state index in [0.29, 0.717) is 30.0 Å². The van der Waals surface area contributed by atoms with Crippen LogP contribution in [0.15, 0.2) is 34.6 Å². The molecule has 0 aliphatic carbocycles. The summed E-state index contributed by atoms with van der Waals surface area (Å²) in [6.07, 6.45) is 1.82. The highest BCUT2D eigenvalue weighted by Crippen LogP contribution is 2.14. The molecule has 0 aromatic carbocycles. The molecule has 0 atom stereocenters. The van der Waals surface area contributed by atoms with E-state index in [1.54, 1.807) is 28.2 Å². The van der Waals surface area contributed by atoms with Gasteiger partial charge in [0.2, 0.25) is 0 Å². The van der Waals surface area contributed by atoms with Crippen molar-refractivity contribution in [3.8, 4) is 0 Å². The summed E-state index contributed by atoms with van der Waals surface area (Å²) in [6, 6.07) is 5.36. The van der Waals surface area contributed by atoms with E-state index >= 15 is 0 Å². The lowest BCUT2D eigenvalue weighted by Crippen LogP contribution is -2.32. The molecule has 3 rings (SSSR count). The minimum atomic E-state index is -0.150. The van der Waals surface area contributed by atoms with Crippen molar-refractivity contribution >= 4 is 27.5 Å². The Labute approximate surface area is 131 Å². The molecule has 0 saturated heterocycles. The zero-order valence-electron chi connectivity index (χ0n) is 12.4. The van der Waals surface area contributed by atoms with Gasteiger partial charge in [0, 0.05) is 26.3 Å². The van der Waals surface area contributed by atoms with Crippen molar-refractivity contribution in [1.82, 2.24) is 19.4 Å². The molecular weight excluding hydrogens is 300 g/mol. The van der Waals surface area contributed by atoms with Crippen LogP contribution in [-0.4, -0.2) is 26.6 Å². The number of rotatable bonds is 4. The highest BCUT2D eigenvalue weighted by molar-refractivity contribution is 7.16. The zero-order chi connectivity index (χ0) is 15.7. The highest BCUT2D eigenvalue weighted by Gasteiger charge is 2.11. The number of carbonyl (C=O) groups excluding carboxylic acids is 1. The van der Waals surface area contributed by atoms with Crippen LogP contribution in [0.4, 0.5) is 0 Å². The molecule has 0 spiro atoms. The first kappa shape index (κ1) is 14.5. The minimum absolute atomic E-state index is 0.0585. The lowest BCUT2D eigenvalue weighted by molar-refractivity contribution is 0.0944. The fraction of sp³-hybridized carbons (Fsp3) is 0.267. The number of hydrogen-bond acceptors (Lipinski definition) is 4. The fourth-order valence-corrected chi connectivity index (χ4v) is 3.18. The van der Waals surface area contributed by atoms with Crippen molar-refractivity contribution in [2.75, 3.05) is 6.54 Å². The van der Waals surface area contributed by atoms with Crippen LogP contribution in [0.5, 0.6) is 0 Å². The molecule has 7 heteroatoms. The van der Waals surface area contributed by atoms with Gasteiger partial charge in [-0.25, -0.2) is 4.98 Å². The third kappa shape index (κ3) is 2.55. The maximum Gasteiger partial charge on any atom is 0.267 e. The number of thiophene rings is 1. The summed E-state index contributed by atoms with van der Waals surface area (Å²) in [5.41, 5.74) is 0.535. The number of fused-ring (bicyclic) bond motifs is 1. The quantitative estimate of drug-likeness (QED) is 0.794. The van der Waals surface area contributed by atoms with Crippen molar-refractivity contribution in [1.29, 1.82) is 0 Å². The van der Waals surface area contributed by atoms with Gasteiger partial charge in [-0.1, -0.05) is 0 Å². The summed E-state index contributed by atoms with van der Waals surface area (Å²) >= 11 is 1.46. The molecular formula is C15H16N4O2S. The number of hydrogen-bond donors (Lipinski definition) is 1. The first-order valence-electron chi connectivity index (χ1n) is 6.92. The monoisotopic (exact) mass is 316 g/mol. The molecule has 0 aliphatic heterocycles. The Morgan fingerprint density at radius 2 is 2.23 bits per heavy atom. The van der Waals surface area contributed by atoms with Crippen LogP contribution in [0.25, 0.3) is 10.2 Å². The third-order valence-corrected chi connectivity index (χ3v) is 4.38. The molecule has 0 fully saturated rings. The predicted molar refractivity (Wildman–Crippen MR) is 86.4 cm³/mol. The standard InChI is InChI=1S/C15H16N4O2S/c1-10-17-14-11(5-9-22-14)15(21)19(10)8-6-16-13(20)12-4-3-7-18(12)2/h3-5,7,9H,6,8H2,1-2H3,(H,16,20). The molecule has 22 heavy (non-hydrogen) atoms. The van der Waals surface area contributed by atoms with Gasteiger partial charge >= 0.3 is 0 Å². The van der Waals surface area contributed by atoms with Crippen LogP contribution in [0, 0.1) is 6.92 Å². The maximum atomic E-state index is 12.4. The summed E-state index contributed by atoms with van der Waals surface area (Å²) in [4.78, 5) is 29.6. The fourth-order valence-electron chi connectivity index (χ4n) is 2.38. The van der Waals surface area contributed by atoms with E-state index in [1.165, 1.54) is 11.3 Å². The first-order valence-corrected chi connectivity index (χ1v) is 7.80. The van der Waals surface area contributed by atoms with Gasteiger partial charge in [0.1, 0.15) is 16.3 Å². The molecule has 0 bridgehead atoms. The molecule has 6 nitrogen and oxygen atoms in total. The summed E-state index contributed by atoms with van der Waals surface area (Å²) in [6.45, 7) is 2.58. The summed E-state index contributed by atoms with van der Waals surface area (Å²) in [7, 11) is 1.82.